The second kappa shape index (κ2) is 6.06. The lowest BCUT2D eigenvalue weighted by Crippen LogP contribution is -2.30. The van der Waals surface area contributed by atoms with Crippen LogP contribution in [0.1, 0.15) is 24.2 Å². The zero-order chi connectivity index (χ0) is 15.5. The lowest BCUT2D eigenvalue weighted by atomic mass is 10.1. The maximum Gasteiger partial charge on any atom is 0.240 e. The van der Waals surface area contributed by atoms with Crippen molar-refractivity contribution in [1.29, 1.82) is 0 Å². The first-order valence-corrected chi connectivity index (χ1v) is 7.54. The van der Waals surface area contributed by atoms with Gasteiger partial charge in [-0.3, -0.25) is 4.79 Å². The Morgan fingerprint density at radius 3 is 2.55 bits per heavy atom. The molecule has 0 spiro atoms. The van der Waals surface area contributed by atoms with Crippen LogP contribution in [0.5, 0.6) is 0 Å². The van der Waals surface area contributed by atoms with Crippen LogP contribution in [0.4, 0.5) is 0 Å². The van der Waals surface area contributed by atoms with Gasteiger partial charge < -0.3 is 9.88 Å². The number of benzene rings is 2. The summed E-state index contributed by atoms with van der Waals surface area (Å²) in [4.78, 5) is 12.4. The molecule has 0 aliphatic carbocycles. The molecule has 2 aromatic carbocycles. The molecule has 0 aliphatic rings. The van der Waals surface area contributed by atoms with Gasteiger partial charge in [-0.1, -0.05) is 48.5 Å². The van der Waals surface area contributed by atoms with E-state index in [9.17, 15) is 4.79 Å². The van der Waals surface area contributed by atoms with Crippen molar-refractivity contribution in [3.8, 4) is 0 Å². The van der Waals surface area contributed by atoms with Crippen LogP contribution in [0.15, 0.2) is 60.7 Å². The van der Waals surface area contributed by atoms with Crippen LogP contribution >= 0.6 is 0 Å². The van der Waals surface area contributed by atoms with E-state index in [-0.39, 0.29) is 11.9 Å². The fourth-order valence-electron chi connectivity index (χ4n) is 2.81. The van der Waals surface area contributed by atoms with Crippen molar-refractivity contribution in [2.45, 2.75) is 26.4 Å². The van der Waals surface area contributed by atoms with E-state index in [1.165, 1.54) is 5.39 Å². The number of carbonyl (C=O) groups is 1. The number of rotatable bonds is 4. The van der Waals surface area contributed by atoms with Crippen molar-refractivity contribution in [2.75, 3.05) is 0 Å². The molecule has 3 rings (SSSR count). The molecular formula is C19H20N2O. The molecule has 1 aromatic heterocycles. The van der Waals surface area contributed by atoms with Gasteiger partial charge in [-0.15, -0.1) is 0 Å². The predicted octanol–water partition coefficient (Wildman–Crippen LogP) is 3.83. The second-order valence-electron chi connectivity index (χ2n) is 5.63. The number of nitrogens with zero attached hydrogens (tertiary/aromatic N) is 1. The number of hydrogen-bond donors (Lipinski definition) is 1. The van der Waals surface area contributed by atoms with E-state index in [0.29, 0.717) is 6.54 Å². The van der Waals surface area contributed by atoms with Crippen LogP contribution in [0.3, 0.4) is 0 Å². The minimum Gasteiger partial charge on any atom is -0.348 e. The lowest BCUT2D eigenvalue weighted by molar-refractivity contribution is -0.122. The van der Waals surface area contributed by atoms with Crippen LogP contribution in [0.2, 0.25) is 0 Å². The van der Waals surface area contributed by atoms with E-state index in [4.69, 9.17) is 0 Å². The van der Waals surface area contributed by atoms with Gasteiger partial charge in [0.25, 0.3) is 0 Å². The first-order chi connectivity index (χ1) is 10.6. The van der Waals surface area contributed by atoms with E-state index >= 15 is 0 Å². The molecule has 0 aliphatic heterocycles. The molecule has 0 unspecified atom stereocenters. The Morgan fingerprint density at radius 1 is 1.09 bits per heavy atom. The summed E-state index contributed by atoms with van der Waals surface area (Å²) in [7, 11) is 0. The van der Waals surface area contributed by atoms with Gasteiger partial charge in [0.1, 0.15) is 6.54 Å². The van der Waals surface area contributed by atoms with Crippen molar-refractivity contribution >= 4 is 16.8 Å². The van der Waals surface area contributed by atoms with Crippen molar-refractivity contribution < 1.29 is 4.79 Å². The highest BCUT2D eigenvalue weighted by molar-refractivity contribution is 5.84. The average molecular weight is 292 g/mol. The highest BCUT2D eigenvalue weighted by Gasteiger charge is 2.12. The molecule has 0 saturated carbocycles. The summed E-state index contributed by atoms with van der Waals surface area (Å²) in [5.41, 5.74) is 3.32. The van der Waals surface area contributed by atoms with E-state index in [1.54, 1.807) is 0 Å². The molecule has 0 bridgehead atoms. The molecule has 3 nitrogen and oxygen atoms in total. The maximum absolute atomic E-state index is 12.4. The van der Waals surface area contributed by atoms with Gasteiger partial charge in [0.15, 0.2) is 0 Å². The summed E-state index contributed by atoms with van der Waals surface area (Å²) >= 11 is 0. The lowest BCUT2D eigenvalue weighted by Gasteiger charge is -2.15. The van der Waals surface area contributed by atoms with E-state index in [1.807, 2.05) is 56.3 Å². The number of fused-ring (bicyclic) bond motifs is 1. The van der Waals surface area contributed by atoms with Gasteiger partial charge in [0.05, 0.1) is 6.04 Å². The summed E-state index contributed by atoms with van der Waals surface area (Å²) in [6.07, 6.45) is 0. The monoisotopic (exact) mass is 292 g/mol. The molecule has 0 radical (unpaired) electrons. The number of hydrogen-bond acceptors (Lipinski definition) is 1. The highest BCUT2D eigenvalue weighted by Crippen LogP contribution is 2.19. The SMILES string of the molecule is Cc1cc2ccccc2n1CC(=O)N[C@H](C)c1ccccc1. The Bertz CT molecular complexity index is 790. The fraction of sp³-hybridized carbons (Fsp3) is 0.211. The van der Waals surface area contributed by atoms with Crippen LogP contribution in [-0.2, 0) is 11.3 Å². The minimum atomic E-state index is 0.0100. The third kappa shape index (κ3) is 2.89. The van der Waals surface area contributed by atoms with E-state index in [0.717, 1.165) is 16.8 Å². The third-order valence-electron chi connectivity index (χ3n) is 4.00. The zero-order valence-corrected chi connectivity index (χ0v) is 12.9. The molecule has 3 aromatic rings. The quantitative estimate of drug-likeness (QED) is 0.779. The maximum atomic E-state index is 12.4. The Hall–Kier alpha value is -2.55. The minimum absolute atomic E-state index is 0.0100. The smallest absolute Gasteiger partial charge is 0.240 e. The van der Waals surface area contributed by atoms with Crippen molar-refractivity contribution in [3.05, 3.63) is 71.9 Å². The third-order valence-corrected chi connectivity index (χ3v) is 4.00. The summed E-state index contributed by atoms with van der Waals surface area (Å²) in [5.74, 6) is 0.0285. The summed E-state index contributed by atoms with van der Waals surface area (Å²) in [6, 6.07) is 20.3. The molecule has 1 N–H and O–H groups in total. The molecular weight excluding hydrogens is 272 g/mol. The van der Waals surface area contributed by atoms with Gasteiger partial charge >= 0.3 is 0 Å². The predicted molar refractivity (Wildman–Crippen MR) is 89.7 cm³/mol. The number of aryl methyl sites for hydroxylation is 1. The molecule has 1 heterocycles. The summed E-state index contributed by atoms with van der Waals surface area (Å²) in [6.45, 7) is 4.39. The Labute approximate surface area is 130 Å². The molecule has 22 heavy (non-hydrogen) atoms. The summed E-state index contributed by atoms with van der Waals surface area (Å²) < 4.78 is 2.06. The van der Waals surface area contributed by atoms with Gasteiger partial charge in [-0.2, -0.15) is 0 Å². The molecule has 1 atom stereocenters. The van der Waals surface area contributed by atoms with E-state index in [2.05, 4.69) is 28.1 Å². The van der Waals surface area contributed by atoms with Crippen LogP contribution in [0.25, 0.3) is 10.9 Å². The van der Waals surface area contributed by atoms with Crippen molar-refractivity contribution in [3.63, 3.8) is 0 Å². The number of carbonyl (C=O) groups excluding carboxylic acids is 1. The van der Waals surface area contributed by atoms with Crippen LogP contribution in [0, 0.1) is 6.92 Å². The van der Waals surface area contributed by atoms with E-state index < -0.39 is 0 Å². The first-order valence-electron chi connectivity index (χ1n) is 7.54. The van der Waals surface area contributed by atoms with Gasteiger partial charge in [0.2, 0.25) is 5.91 Å². The molecule has 1 amide bonds. The summed E-state index contributed by atoms with van der Waals surface area (Å²) in [5, 5.41) is 4.24. The average Bonchev–Trinajstić information content (AvgIpc) is 2.84. The molecule has 112 valence electrons. The normalized spacial score (nSPS) is 12.3. The Balaban J connectivity index is 1.75. The standard InChI is InChI=1S/C19H20N2O/c1-14-12-17-10-6-7-11-18(17)21(14)13-19(22)20-15(2)16-8-4-3-5-9-16/h3-12,15H,13H2,1-2H3,(H,20,22)/t15-/m1/s1. The van der Waals surface area contributed by atoms with Gasteiger partial charge in [-0.05, 0) is 36.9 Å². The number of amides is 1. The van der Waals surface area contributed by atoms with Gasteiger partial charge in [0, 0.05) is 11.2 Å². The second-order valence-corrected chi connectivity index (χ2v) is 5.63. The first kappa shape index (κ1) is 14.4. The largest absolute Gasteiger partial charge is 0.348 e. The van der Waals surface area contributed by atoms with Crippen molar-refractivity contribution in [2.24, 2.45) is 0 Å². The van der Waals surface area contributed by atoms with Crippen LogP contribution < -0.4 is 5.32 Å². The Morgan fingerprint density at radius 2 is 1.77 bits per heavy atom. The molecule has 3 heteroatoms. The molecule has 0 saturated heterocycles. The Kier molecular flexibility index (Phi) is 3.96. The number of para-hydroxylation sites is 1. The fourth-order valence-corrected chi connectivity index (χ4v) is 2.81. The van der Waals surface area contributed by atoms with Crippen LogP contribution in [-0.4, -0.2) is 10.5 Å². The molecule has 0 fully saturated rings. The van der Waals surface area contributed by atoms with Gasteiger partial charge in [-0.25, -0.2) is 0 Å². The number of aromatic nitrogens is 1. The topological polar surface area (TPSA) is 34.0 Å². The van der Waals surface area contributed by atoms with Crippen molar-refractivity contribution in [1.82, 2.24) is 9.88 Å². The zero-order valence-electron chi connectivity index (χ0n) is 12.9. The number of nitrogens with one attached hydrogen (secondary N) is 1. The highest BCUT2D eigenvalue weighted by atomic mass is 16.2.